The Balaban J connectivity index is 1.16. The summed E-state index contributed by atoms with van der Waals surface area (Å²) in [5.74, 6) is -4.20. The molecule has 3 aliphatic carbocycles. The lowest BCUT2D eigenvalue weighted by molar-refractivity contribution is -0.160. The normalized spacial score (nSPS) is 21.5. The molecule has 4 aliphatic rings. The molecule has 3 aromatic carbocycles. The van der Waals surface area contributed by atoms with Crippen LogP contribution in [0, 0.1) is 23.7 Å². The summed E-state index contributed by atoms with van der Waals surface area (Å²) in [5.41, 5.74) is 4.96. The molecule has 3 aromatic rings. The lowest BCUT2D eigenvalue weighted by Crippen LogP contribution is -2.47. The van der Waals surface area contributed by atoms with E-state index < -0.39 is 42.3 Å². The second kappa shape index (κ2) is 12.5. The van der Waals surface area contributed by atoms with E-state index in [1.54, 1.807) is 12.1 Å². The summed E-state index contributed by atoms with van der Waals surface area (Å²) in [6, 6.07) is 21.0. The number of benzene rings is 3. The monoisotopic (exact) mass is 622 g/mol. The van der Waals surface area contributed by atoms with Crippen molar-refractivity contribution in [1.29, 1.82) is 0 Å². The summed E-state index contributed by atoms with van der Waals surface area (Å²) in [5, 5.41) is 2.65. The number of hydrogen-bond donors (Lipinski definition) is 1. The van der Waals surface area contributed by atoms with E-state index in [-0.39, 0.29) is 41.9 Å². The fourth-order valence-electron chi connectivity index (χ4n) is 7.21. The number of nitrogens with zero attached hydrogens (tertiary/aromatic N) is 1. The quantitative estimate of drug-likeness (QED) is 0.241. The highest BCUT2D eigenvalue weighted by Gasteiger charge is 2.63. The lowest BCUT2D eigenvalue weighted by Gasteiger charge is -2.45. The molecule has 0 unspecified atom stereocenters. The Morgan fingerprint density at radius 1 is 0.717 bits per heavy atom. The van der Waals surface area contributed by atoms with Gasteiger partial charge in [0.2, 0.25) is 11.8 Å². The van der Waals surface area contributed by atoms with Crippen molar-refractivity contribution in [1.82, 2.24) is 4.90 Å². The number of hydrogen-bond acceptors (Lipinski definition) is 7. The number of esters is 2. The Labute approximate surface area is 268 Å². The van der Waals surface area contributed by atoms with Crippen molar-refractivity contribution in [2.75, 3.05) is 18.5 Å². The van der Waals surface area contributed by atoms with Crippen LogP contribution in [-0.4, -0.2) is 53.8 Å². The minimum Gasteiger partial charge on any atom is -0.462 e. The first-order valence-corrected chi connectivity index (χ1v) is 15.8. The van der Waals surface area contributed by atoms with Gasteiger partial charge in [-0.05, 0) is 64.8 Å². The van der Waals surface area contributed by atoms with Crippen LogP contribution in [0.15, 0.2) is 72.8 Å². The van der Waals surface area contributed by atoms with Gasteiger partial charge in [-0.1, -0.05) is 76.2 Å². The van der Waals surface area contributed by atoms with Crippen LogP contribution in [0.5, 0.6) is 0 Å². The van der Waals surface area contributed by atoms with Crippen molar-refractivity contribution in [2.24, 2.45) is 23.7 Å². The number of carbonyl (C=O) groups is 5. The number of likely N-dealkylation sites (tertiary alicyclic amines) is 1. The Morgan fingerprint density at radius 2 is 1.22 bits per heavy atom. The number of nitrogens with one attached hydrogen (secondary N) is 1. The van der Waals surface area contributed by atoms with Crippen LogP contribution in [0.4, 0.5) is 5.69 Å². The Kier molecular flexibility index (Phi) is 8.51. The summed E-state index contributed by atoms with van der Waals surface area (Å²) in [6.07, 6.45) is 0.209. The number of imide groups is 1. The maximum absolute atomic E-state index is 14.2. The molecule has 3 amide bonds. The topological polar surface area (TPSA) is 119 Å². The molecule has 238 valence electrons. The Bertz CT molecular complexity index is 1580. The molecular formula is C37H38N2O7. The van der Waals surface area contributed by atoms with Crippen LogP contribution in [0.2, 0.25) is 0 Å². The highest BCUT2D eigenvalue weighted by molar-refractivity contribution is 6.10. The van der Waals surface area contributed by atoms with Crippen molar-refractivity contribution < 1.29 is 33.4 Å². The molecule has 0 aromatic heterocycles. The van der Waals surface area contributed by atoms with Gasteiger partial charge in [-0.3, -0.25) is 19.3 Å². The van der Waals surface area contributed by atoms with Crippen LogP contribution in [0.3, 0.4) is 0 Å². The molecule has 7 rings (SSSR count). The molecule has 9 heteroatoms. The van der Waals surface area contributed by atoms with E-state index in [4.69, 9.17) is 9.47 Å². The van der Waals surface area contributed by atoms with E-state index >= 15 is 0 Å². The second-order valence-corrected chi connectivity index (χ2v) is 13.2. The number of carbonyl (C=O) groups excluding carboxylic acids is 5. The first-order valence-electron chi connectivity index (χ1n) is 15.8. The molecule has 0 radical (unpaired) electrons. The van der Waals surface area contributed by atoms with Gasteiger partial charge in [-0.25, -0.2) is 9.59 Å². The van der Waals surface area contributed by atoms with E-state index in [0.717, 1.165) is 27.2 Å². The standard InChI is InChI=1S/C37H38N2O7/c1-20(2)17-28(37(44)46-19-29(40)38-23-15-13-22(14-16-23)36(43)45-18-21(3)4)39-34(41)32-30-24-9-5-6-10-25(24)31(33(32)35(39)42)27-12-8-7-11-26(27)30/h5-16,20-21,28,30-33H,17-19H2,1-4H3,(H,38,40)/t28-,30?,31?,32+,33+/m0/s1. The third kappa shape index (κ3) is 5.59. The molecule has 1 saturated heterocycles. The largest absolute Gasteiger partial charge is 0.462 e. The van der Waals surface area contributed by atoms with Crippen molar-refractivity contribution in [3.63, 3.8) is 0 Å². The molecule has 1 heterocycles. The fourth-order valence-corrected chi connectivity index (χ4v) is 7.21. The van der Waals surface area contributed by atoms with Gasteiger partial charge in [0.1, 0.15) is 6.04 Å². The molecule has 1 N–H and O–H groups in total. The van der Waals surface area contributed by atoms with E-state index in [2.05, 4.69) is 5.32 Å². The second-order valence-electron chi connectivity index (χ2n) is 13.2. The SMILES string of the molecule is CC(C)COC(=O)c1ccc(NC(=O)COC(=O)[C@H](CC(C)C)N2C(=O)[C@@H]3C4c5ccccc5C(c5ccccc54)[C@H]3C2=O)cc1. The van der Waals surface area contributed by atoms with Crippen molar-refractivity contribution in [3.05, 3.63) is 101 Å². The lowest BCUT2D eigenvalue weighted by atomic mass is 9.55. The Hall–Kier alpha value is -4.79. The third-order valence-electron chi connectivity index (χ3n) is 9.06. The van der Waals surface area contributed by atoms with Crippen LogP contribution in [0.25, 0.3) is 0 Å². The first-order chi connectivity index (χ1) is 22.1. The van der Waals surface area contributed by atoms with E-state index in [9.17, 15) is 24.0 Å². The summed E-state index contributed by atoms with van der Waals surface area (Å²) in [4.78, 5) is 68.0. The summed E-state index contributed by atoms with van der Waals surface area (Å²) in [6.45, 7) is 7.40. The molecule has 1 fully saturated rings. The molecule has 3 atom stereocenters. The average molecular weight is 623 g/mol. The number of rotatable bonds is 10. The smallest absolute Gasteiger partial charge is 0.338 e. The minimum atomic E-state index is -1.15. The summed E-state index contributed by atoms with van der Waals surface area (Å²) >= 11 is 0. The fraction of sp³-hybridized carbons (Fsp3) is 0.378. The van der Waals surface area contributed by atoms with Gasteiger partial charge >= 0.3 is 11.9 Å². The molecule has 0 spiro atoms. The van der Waals surface area contributed by atoms with Gasteiger partial charge in [-0.15, -0.1) is 0 Å². The first kappa shape index (κ1) is 31.2. The van der Waals surface area contributed by atoms with Gasteiger partial charge in [0.25, 0.3) is 5.91 Å². The number of anilines is 1. The summed E-state index contributed by atoms with van der Waals surface area (Å²) < 4.78 is 10.7. The van der Waals surface area contributed by atoms with Gasteiger partial charge in [0.05, 0.1) is 24.0 Å². The Morgan fingerprint density at radius 3 is 1.67 bits per heavy atom. The van der Waals surface area contributed by atoms with Gasteiger partial charge < -0.3 is 14.8 Å². The predicted molar refractivity (Wildman–Crippen MR) is 170 cm³/mol. The highest BCUT2D eigenvalue weighted by atomic mass is 16.5. The van der Waals surface area contributed by atoms with E-state index in [1.165, 1.54) is 12.1 Å². The third-order valence-corrected chi connectivity index (χ3v) is 9.06. The molecule has 1 aliphatic heterocycles. The van der Waals surface area contributed by atoms with Gasteiger partial charge in [0, 0.05) is 17.5 Å². The van der Waals surface area contributed by atoms with E-state index in [1.807, 2.05) is 76.2 Å². The van der Waals surface area contributed by atoms with Crippen LogP contribution in [-0.2, 0) is 28.7 Å². The molecular weight excluding hydrogens is 584 g/mol. The zero-order valence-corrected chi connectivity index (χ0v) is 26.4. The molecule has 9 nitrogen and oxygen atoms in total. The maximum atomic E-state index is 14.2. The number of amides is 3. The number of ether oxygens (including phenoxy) is 2. The van der Waals surface area contributed by atoms with Gasteiger partial charge in [-0.2, -0.15) is 0 Å². The summed E-state index contributed by atoms with van der Waals surface area (Å²) in [7, 11) is 0. The minimum absolute atomic E-state index is 0.0357. The van der Waals surface area contributed by atoms with Crippen molar-refractivity contribution >= 4 is 35.3 Å². The van der Waals surface area contributed by atoms with Crippen LogP contribution < -0.4 is 5.32 Å². The molecule has 2 bridgehead atoms. The van der Waals surface area contributed by atoms with E-state index in [0.29, 0.717) is 17.9 Å². The van der Waals surface area contributed by atoms with Gasteiger partial charge in [0.15, 0.2) is 6.61 Å². The predicted octanol–water partition coefficient (Wildman–Crippen LogP) is 5.29. The van der Waals surface area contributed by atoms with Crippen LogP contribution in [0.1, 0.15) is 78.6 Å². The average Bonchev–Trinajstić information content (AvgIpc) is 3.31. The van der Waals surface area contributed by atoms with Crippen molar-refractivity contribution in [3.8, 4) is 0 Å². The maximum Gasteiger partial charge on any atom is 0.338 e. The van der Waals surface area contributed by atoms with Crippen LogP contribution >= 0.6 is 0 Å². The van der Waals surface area contributed by atoms with Crippen molar-refractivity contribution in [2.45, 2.75) is 52.0 Å². The highest BCUT2D eigenvalue weighted by Crippen LogP contribution is 2.61. The molecule has 0 saturated carbocycles. The molecule has 46 heavy (non-hydrogen) atoms. The zero-order chi connectivity index (χ0) is 32.7. The zero-order valence-electron chi connectivity index (χ0n) is 26.4.